The Morgan fingerprint density at radius 3 is 2.62 bits per heavy atom. The van der Waals surface area contributed by atoms with Crippen LogP contribution in [0.25, 0.3) is 0 Å². The first-order valence-corrected chi connectivity index (χ1v) is 4.85. The van der Waals surface area contributed by atoms with Crippen LogP contribution in [0.15, 0.2) is 0 Å². The highest BCUT2D eigenvalue weighted by Crippen LogP contribution is 2.38. The molecule has 2 aliphatic heterocycles. The van der Waals surface area contributed by atoms with Crippen molar-refractivity contribution in [2.75, 3.05) is 13.2 Å². The molecule has 0 saturated carbocycles. The molecule has 76 valence electrons. The highest BCUT2D eigenvalue weighted by Gasteiger charge is 2.43. The van der Waals surface area contributed by atoms with Crippen LogP contribution >= 0.6 is 0 Å². The van der Waals surface area contributed by atoms with E-state index >= 15 is 0 Å². The lowest BCUT2D eigenvalue weighted by atomic mass is 10.0. The van der Waals surface area contributed by atoms with Crippen LogP contribution in [-0.4, -0.2) is 41.4 Å². The Bertz CT molecular complexity index is 174. The fraction of sp³-hybridized carbons (Fsp3) is 1.00. The third kappa shape index (κ3) is 1.86. The maximum absolute atomic E-state index is 9.25. The molecular formula is C9H16O4. The van der Waals surface area contributed by atoms with E-state index in [4.69, 9.17) is 14.6 Å². The summed E-state index contributed by atoms with van der Waals surface area (Å²) in [5.41, 5.74) is 0. The molecule has 3 atom stereocenters. The summed E-state index contributed by atoms with van der Waals surface area (Å²) < 4.78 is 11.1. The van der Waals surface area contributed by atoms with Crippen molar-refractivity contribution in [3.8, 4) is 0 Å². The van der Waals surface area contributed by atoms with Crippen molar-refractivity contribution >= 4 is 0 Å². The average molecular weight is 188 g/mol. The molecule has 0 aliphatic carbocycles. The first kappa shape index (κ1) is 9.40. The molecule has 0 aromatic rings. The lowest BCUT2D eigenvalue weighted by Gasteiger charge is -2.35. The Kier molecular flexibility index (Phi) is 2.55. The third-order valence-electron chi connectivity index (χ3n) is 2.83. The van der Waals surface area contributed by atoms with E-state index in [1.54, 1.807) is 0 Å². The topological polar surface area (TPSA) is 58.9 Å². The van der Waals surface area contributed by atoms with Crippen LogP contribution in [-0.2, 0) is 9.47 Å². The minimum atomic E-state index is -0.493. The molecule has 0 aromatic heterocycles. The van der Waals surface area contributed by atoms with Crippen molar-refractivity contribution in [1.29, 1.82) is 0 Å². The lowest BCUT2D eigenvalue weighted by molar-refractivity contribution is -0.263. The summed E-state index contributed by atoms with van der Waals surface area (Å²) in [6, 6.07) is 0. The largest absolute Gasteiger partial charge is 0.394 e. The minimum absolute atomic E-state index is 0.0632. The predicted molar refractivity (Wildman–Crippen MR) is 45.1 cm³/mol. The molecule has 3 unspecified atom stereocenters. The Hall–Kier alpha value is -0.160. The highest BCUT2D eigenvalue weighted by atomic mass is 16.7. The molecule has 2 aliphatic rings. The first-order chi connectivity index (χ1) is 6.24. The molecule has 2 rings (SSSR count). The number of ether oxygens (including phenoxy) is 2. The van der Waals surface area contributed by atoms with Crippen molar-refractivity contribution in [2.24, 2.45) is 0 Å². The standard InChI is InChI=1S/C9H16O4/c10-5-8-2-4-9(13-8)3-1-7(11)6-12-9/h7-8,10-11H,1-6H2. The van der Waals surface area contributed by atoms with Gasteiger partial charge in [-0.3, -0.25) is 0 Å². The van der Waals surface area contributed by atoms with Crippen molar-refractivity contribution in [3.05, 3.63) is 0 Å². The summed E-state index contributed by atoms with van der Waals surface area (Å²) in [5, 5.41) is 18.1. The molecule has 1 spiro atoms. The summed E-state index contributed by atoms with van der Waals surface area (Å²) in [7, 11) is 0. The smallest absolute Gasteiger partial charge is 0.169 e. The Morgan fingerprint density at radius 2 is 2.08 bits per heavy atom. The number of aliphatic hydroxyl groups excluding tert-OH is 2. The van der Waals surface area contributed by atoms with E-state index in [0.29, 0.717) is 6.61 Å². The number of hydrogen-bond acceptors (Lipinski definition) is 4. The van der Waals surface area contributed by atoms with Crippen LogP contribution < -0.4 is 0 Å². The predicted octanol–water partition coefficient (Wildman–Crippen LogP) is 0.0253. The van der Waals surface area contributed by atoms with Crippen LogP contribution in [0.4, 0.5) is 0 Å². The van der Waals surface area contributed by atoms with Crippen LogP contribution in [0.5, 0.6) is 0 Å². The van der Waals surface area contributed by atoms with Crippen LogP contribution in [0.1, 0.15) is 25.7 Å². The Balaban J connectivity index is 1.92. The maximum atomic E-state index is 9.25. The van der Waals surface area contributed by atoms with Gasteiger partial charge < -0.3 is 19.7 Å². The van der Waals surface area contributed by atoms with Gasteiger partial charge in [0.1, 0.15) is 0 Å². The normalized spacial score (nSPS) is 45.7. The number of hydrogen-bond donors (Lipinski definition) is 2. The zero-order valence-corrected chi connectivity index (χ0v) is 7.61. The zero-order valence-electron chi connectivity index (χ0n) is 7.61. The van der Waals surface area contributed by atoms with Gasteiger partial charge in [-0.25, -0.2) is 0 Å². The average Bonchev–Trinajstić information content (AvgIpc) is 2.55. The van der Waals surface area contributed by atoms with Gasteiger partial charge in [-0.2, -0.15) is 0 Å². The Labute approximate surface area is 77.5 Å². The fourth-order valence-electron chi connectivity index (χ4n) is 2.01. The van der Waals surface area contributed by atoms with Crippen molar-refractivity contribution in [2.45, 2.75) is 43.7 Å². The molecule has 2 saturated heterocycles. The molecule has 13 heavy (non-hydrogen) atoms. The van der Waals surface area contributed by atoms with Crippen molar-refractivity contribution in [1.82, 2.24) is 0 Å². The van der Waals surface area contributed by atoms with Crippen LogP contribution in [0.3, 0.4) is 0 Å². The second-order valence-corrected chi connectivity index (χ2v) is 3.88. The van der Waals surface area contributed by atoms with Gasteiger partial charge in [0.05, 0.1) is 25.4 Å². The van der Waals surface area contributed by atoms with Crippen LogP contribution in [0, 0.1) is 0 Å². The summed E-state index contributed by atoms with van der Waals surface area (Å²) in [4.78, 5) is 0. The molecule has 2 heterocycles. The van der Waals surface area contributed by atoms with Gasteiger partial charge in [-0.05, 0) is 12.8 Å². The second-order valence-electron chi connectivity index (χ2n) is 3.88. The third-order valence-corrected chi connectivity index (χ3v) is 2.83. The van der Waals surface area contributed by atoms with E-state index in [9.17, 15) is 5.11 Å². The van der Waals surface area contributed by atoms with Gasteiger partial charge in [-0.15, -0.1) is 0 Å². The molecule has 4 nitrogen and oxygen atoms in total. The molecule has 0 amide bonds. The van der Waals surface area contributed by atoms with E-state index in [1.807, 2.05) is 0 Å². The van der Waals surface area contributed by atoms with Gasteiger partial charge in [-0.1, -0.05) is 0 Å². The molecule has 4 heteroatoms. The summed E-state index contributed by atoms with van der Waals surface area (Å²) in [6.45, 7) is 0.422. The van der Waals surface area contributed by atoms with Crippen LogP contribution in [0.2, 0.25) is 0 Å². The van der Waals surface area contributed by atoms with E-state index in [1.165, 1.54) is 0 Å². The van der Waals surface area contributed by atoms with E-state index in [-0.39, 0.29) is 18.8 Å². The summed E-state index contributed by atoms with van der Waals surface area (Å²) in [5.74, 6) is -0.493. The van der Waals surface area contributed by atoms with Gasteiger partial charge in [0.15, 0.2) is 5.79 Å². The lowest BCUT2D eigenvalue weighted by Crippen LogP contribution is -2.41. The van der Waals surface area contributed by atoms with E-state index in [2.05, 4.69) is 0 Å². The molecule has 0 bridgehead atoms. The van der Waals surface area contributed by atoms with Gasteiger partial charge in [0.25, 0.3) is 0 Å². The second kappa shape index (κ2) is 3.53. The summed E-state index contributed by atoms with van der Waals surface area (Å²) >= 11 is 0. The number of rotatable bonds is 1. The van der Waals surface area contributed by atoms with Gasteiger partial charge in [0, 0.05) is 12.8 Å². The van der Waals surface area contributed by atoms with Crippen molar-refractivity contribution in [3.63, 3.8) is 0 Å². The molecular weight excluding hydrogens is 172 g/mol. The summed E-state index contributed by atoms with van der Waals surface area (Å²) in [6.07, 6.45) is 2.75. The Morgan fingerprint density at radius 1 is 1.31 bits per heavy atom. The SMILES string of the molecule is OCC1CCC2(CCC(O)CO2)O1. The monoisotopic (exact) mass is 188 g/mol. The number of aliphatic hydroxyl groups is 2. The maximum Gasteiger partial charge on any atom is 0.169 e. The van der Waals surface area contributed by atoms with E-state index in [0.717, 1.165) is 25.7 Å². The quantitative estimate of drug-likeness (QED) is 0.609. The fourth-order valence-corrected chi connectivity index (χ4v) is 2.01. The van der Waals surface area contributed by atoms with Crippen molar-refractivity contribution < 1.29 is 19.7 Å². The molecule has 0 radical (unpaired) electrons. The highest BCUT2D eigenvalue weighted by molar-refractivity contribution is 4.85. The zero-order chi connectivity index (χ0) is 9.31. The minimum Gasteiger partial charge on any atom is -0.394 e. The van der Waals surface area contributed by atoms with E-state index < -0.39 is 5.79 Å². The molecule has 0 aromatic carbocycles. The molecule has 2 N–H and O–H groups in total. The van der Waals surface area contributed by atoms with Gasteiger partial charge >= 0.3 is 0 Å². The first-order valence-electron chi connectivity index (χ1n) is 4.85. The van der Waals surface area contributed by atoms with Gasteiger partial charge in [0.2, 0.25) is 0 Å². The molecule has 2 fully saturated rings.